The molecule has 106 valence electrons. The molecule has 1 aromatic carbocycles. The molecule has 3 nitrogen and oxygen atoms in total. The molecule has 0 aliphatic carbocycles. The van der Waals surface area contributed by atoms with Gasteiger partial charge in [0.15, 0.2) is 0 Å². The van der Waals surface area contributed by atoms with Crippen molar-refractivity contribution < 1.29 is 4.79 Å². The van der Waals surface area contributed by atoms with E-state index in [1.807, 2.05) is 38.1 Å². The first-order chi connectivity index (χ1) is 8.90. The molecule has 0 heterocycles. The molecule has 0 saturated carbocycles. The van der Waals surface area contributed by atoms with Gasteiger partial charge in [-0.3, -0.25) is 4.79 Å². The second-order valence-corrected chi connectivity index (χ2v) is 5.69. The quantitative estimate of drug-likeness (QED) is 0.841. The van der Waals surface area contributed by atoms with E-state index in [0.29, 0.717) is 12.5 Å². The summed E-state index contributed by atoms with van der Waals surface area (Å²) in [5, 5.41) is 6.90. The van der Waals surface area contributed by atoms with Crippen LogP contribution in [-0.4, -0.2) is 18.5 Å². The lowest BCUT2D eigenvalue weighted by Crippen LogP contribution is -2.41. The predicted octanol–water partition coefficient (Wildman–Crippen LogP) is 3.15. The zero-order valence-corrected chi connectivity index (χ0v) is 12.8. The highest BCUT2D eigenvalue weighted by Crippen LogP contribution is 2.15. The van der Waals surface area contributed by atoms with Gasteiger partial charge in [0.2, 0.25) is 5.91 Å². The van der Waals surface area contributed by atoms with Gasteiger partial charge in [-0.1, -0.05) is 37.6 Å². The van der Waals surface area contributed by atoms with Crippen molar-refractivity contribution in [2.45, 2.75) is 39.8 Å². The minimum absolute atomic E-state index is 0.0296. The highest BCUT2D eigenvalue weighted by atomic mass is 35.5. The molecule has 1 aromatic rings. The first-order valence-corrected chi connectivity index (χ1v) is 7.06. The standard InChI is InChI=1S/C15H23ClN2O/c1-10(2)11(3)18-15(19)9-17-12(4)13-5-7-14(16)8-6-13/h5-8,10-12,17H,9H2,1-4H3,(H,18,19)/t11?,12-/m1/s1. The largest absolute Gasteiger partial charge is 0.352 e. The minimum Gasteiger partial charge on any atom is -0.352 e. The molecule has 4 heteroatoms. The number of amides is 1. The lowest BCUT2D eigenvalue weighted by atomic mass is 10.1. The fourth-order valence-electron chi connectivity index (χ4n) is 1.59. The maximum atomic E-state index is 11.8. The van der Waals surface area contributed by atoms with E-state index in [2.05, 4.69) is 24.5 Å². The molecule has 1 unspecified atom stereocenters. The van der Waals surface area contributed by atoms with Crippen molar-refractivity contribution in [1.29, 1.82) is 0 Å². The third-order valence-corrected chi connectivity index (χ3v) is 3.58. The van der Waals surface area contributed by atoms with Crippen LogP contribution in [0.15, 0.2) is 24.3 Å². The lowest BCUT2D eigenvalue weighted by Gasteiger charge is -2.19. The molecular formula is C15H23ClN2O. The Bertz CT molecular complexity index is 403. The van der Waals surface area contributed by atoms with Crippen molar-refractivity contribution in [2.75, 3.05) is 6.54 Å². The van der Waals surface area contributed by atoms with Gasteiger partial charge >= 0.3 is 0 Å². The van der Waals surface area contributed by atoms with Crippen LogP contribution in [0.3, 0.4) is 0 Å². The van der Waals surface area contributed by atoms with Crippen LogP contribution in [0.25, 0.3) is 0 Å². The first kappa shape index (κ1) is 16.0. The molecular weight excluding hydrogens is 260 g/mol. The first-order valence-electron chi connectivity index (χ1n) is 6.68. The molecule has 0 radical (unpaired) electrons. The number of carbonyl (C=O) groups is 1. The Morgan fingerprint density at radius 3 is 2.26 bits per heavy atom. The number of hydrogen-bond acceptors (Lipinski definition) is 2. The summed E-state index contributed by atoms with van der Waals surface area (Å²) in [6, 6.07) is 7.97. The van der Waals surface area contributed by atoms with Crippen molar-refractivity contribution in [3.05, 3.63) is 34.9 Å². The van der Waals surface area contributed by atoms with E-state index in [1.165, 1.54) is 0 Å². The predicted molar refractivity (Wildman–Crippen MR) is 80.3 cm³/mol. The summed E-state index contributed by atoms with van der Waals surface area (Å²) in [7, 11) is 0. The van der Waals surface area contributed by atoms with E-state index < -0.39 is 0 Å². The Labute approximate surface area is 120 Å². The van der Waals surface area contributed by atoms with Crippen LogP contribution < -0.4 is 10.6 Å². The van der Waals surface area contributed by atoms with Gasteiger partial charge in [0.25, 0.3) is 0 Å². The minimum atomic E-state index is 0.0296. The fourth-order valence-corrected chi connectivity index (χ4v) is 1.71. The average Bonchev–Trinajstić information content (AvgIpc) is 2.36. The zero-order valence-electron chi connectivity index (χ0n) is 12.0. The van der Waals surface area contributed by atoms with Crippen molar-refractivity contribution >= 4 is 17.5 Å². The number of nitrogens with one attached hydrogen (secondary N) is 2. The Morgan fingerprint density at radius 1 is 1.16 bits per heavy atom. The van der Waals surface area contributed by atoms with E-state index >= 15 is 0 Å². The number of benzene rings is 1. The van der Waals surface area contributed by atoms with Gasteiger partial charge in [-0.2, -0.15) is 0 Å². The Morgan fingerprint density at radius 2 is 1.74 bits per heavy atom. The van der Waals surface area contributed by atoms with Gasteiger partial charge in [-0.15, -0.1) is 0 Å². The average molecular weight is 283 g/mol. The Hall–Kier alpha value is -1.06. The number of hydrogen-bond donors (Lipinski definition) is 2. The molecule has 0 aliphatic heterocycles. The molecule has 2 N–H and O–H groups in total. The Kier molecular flexibility index (Phi) is 6.32. The van der Waals surface area contributed by atoms with E-state index in [4.69, 9.17) is 11.6 Å². The van der Waals surface area contributed by atoms with Gasteiger partial charge in [0, 0.05) is 17.1 Å². The summed E-state index contributed by atoms with van der Waals surface area (Å²) < 4.78 is 0. The molecule has 0 aromatic heterocycles. The molecule has 0 fully saturated rings. The summed E-state index contributed by atoms with van der Waals surface area (Å²) in [6.07, 6.45) is 0. The van der Waals surface area contributed by atoms with Crippen LogP contribution in [-0.2, 0) is 4.79 Å². The SMILES string of the molecule is CC(C)C(C)NC(=O)CN[C@H](C)c1ccc(Cl)cc1. The van der Waals surface area contributed by atoms with Crippen molar-refractivity contribution in [2.24, 2.45) is 5.92 Å². The van der Waals surface area contributed by atoms with Crippen molar-refractivity contribution in [1.82, 2.24) is 10.6 Å². The molecule has 19 heavy (non-hydrogen) atoms. The van der Waals surface area contributed by atoms with Gasteiger partial charge in [0.05, 0.1) is 6.54 Å². The van der Waals surface area contributed by atoms with Crippen LogP contribution in [0.5, 0.6) is 0 Å². The summed E-state index contributed by atoms with van der Waals surface area (Å²) in [5.41, 5.74) is 1.12. The number of carbonyl (C=O) groups excluding carboxylic acids is 1. The van der Waals surface area contributed by atoms with E-state index in [-0.39, 0.29) is 18.0 Å². The van der Waals surface area contributed by atoms with Crippen molar-refractivity contribution in [3.8, 4) is 0 Å². The molecule has 0 saturated heterocycles. The monoisotopic (exact) mass is 282 g/mol. The van der Waals surface area contributed by atoms with Gasteiger partial charge in [-0.05, 0) is 37.5 Å². The molecule has 0 spiro atoms. The fraction of sp³-hybridized carbons (Fsp3) is 0.533. The zero-order chi connectivity index (χ0) is 14.4. The van der Waals surface area contributed by atoms with Gasteiger partial charge in [-0.25, -0.2) is 0 Å². The highest BCUT2D eigenvalue weighted by molar-refractivity contribution is 6.30. The Balaban J connectivity index is 2.39. The summed E-state index contributed by atoms with van der Waals surface area (Å²) in [5.74, 6) is 0.472. The van der Waals surface area contributed by atoms with Crippen molar-refractivity contribution in [3.63, 3.8) is 0 Å². The maximum Gasteiger partial charge on any atom is 0.234 e. The van der Waals surface area contributed by atoms with Crippen LogP contribution in [0.2, 0.25) is 5.02 Å². The van der Waals surface area contributed by atoms with Gasteiger partial charge < -0.3 is 10.6 Å². The topological polar surface area (TPSA) is 41.1 Å². The van der Waals surface area contributed by atoms with Gasteiger partial charge in [0.1, 0.15) is 0 Å². The van der Waals surface area contributed by atoms with Crippen LogP contribution in [0.1, 0.15) is 39.3 Å². The molecule has 1 rings (SSSR count). The molecule has 0 bridgehead atoms. The van der Waals surface area contributed by atoms with Crippen LogP contribution >= 0.6 is 11.6 Å². The molecule has 2 atom stereocenters. The lowest BCUT2D eigenvalue weighted by molar-refractivity contribution is -0.121. The van der Waals surface area contributed by atoms with E-state index in [1.54, 1.807) is 0 Å². The highest BCUT2D eigenvalue weighted by Gasteiger charge is 2.12. The van der Waals surface area contributed by atoms with E-state index in [9.17, 15) is 4.79 Å². The summed E-state index contributed by atoms with van der Waals surface area (Å²) in [6.45, 7) is 8.55. The maximum absolute atomic E-state index is 11.8. The normalized spacial score (nSPS) is 14.2. The van der Waals surface area contributed by atoms with Crippen LogP contribution in [0.4, 0.5) is 0 Å². The van der Waals surface area contributed by atoms with Crippen LogP contribution in [0, 0.1) is 5.92 Å². The second-order valence-electron chi connectivity index (χ2n) is 5.25. The number of rotatable bonds is 6. The third-order valence-electron chi connectivity index (χ3n) is 3.33. The summed E-state index contributed by atoms with van der Waals surface area (Å²) in [4.78, 5) is 11.8. The smallest absolute Gasteiger partial charge is 0.234 e. The number of halogens is 1. The molecule has 0 aliphatic rings. The third kappa shape index (κ3) is 5.62. The second kappa shape index (κ2) is 7.51. The summed E-state index contributed by atoms with van der Waals surface area (Å²) >= 11 is 5.85. The molecule has 1 amide bonds. The van der Waals surface area contributed by atoms with E-state index in [0.717, 1.165) is 10.6 Å².